The van der Waals surface area contributed by atoms with Crippen LogP contribution in [0.4, 0.5) is 0 Å². The Morgan fingerprint density at radius 3 is 1.85 bits per heavy atom. The lowest BCUT2D eigenvalue weighted by Crippen LogP contribution is -2.37. The zero-order valence-corrected chi connectivity index (χ0v) is 14.8. The van der Waals surface area contributed by atoms with E-state index in [1.807, 2.05) is 36.4 Å². The molecule has 0 radical (unpaired) electrons. The number of hydrogen-bond donors (Lipinski definition) is 1. The third kappa shape index (κ3) is 1.83. The number of carbonyl (C=O) groups excluding carboxylic acids is 2. The minimum atomic E-state index is -0.695. The van der Waals surface area contributed by atoms with Gasteiger partial charge in [0.2, 0.25) is 11.6 Å². The monoisotopic (exact) mass is 360 g/mol. The summed E-state index contributed by atoms with van der Waals surface area (Å²) < 4.78 is 11.2. The van der Waals surface area contributed by atoms with E-state index in [4.69, 9.17) is 9.47 Å². The minimum absolute atomic E-state index is 0.144. The molecule has 134 valence electrons. The standard InChI is InChI=1S/C22H16O5/c1-26-14-7-8-15(27-2)20-17-11-6-4-3-5-10(11)16(19(14)20)18-12(23)9-13(24)22(25)21(17)18/h3-9,16-17,23H,1-2H3/t16-,17-/m1/s1. The summed E-state index contributed by atoms with van der Waals surface area (Å²) in [6, 6.07) is 11.4. The van der Waals surface area contributed by atoms with Crippen molar-refractivity contribution in [3.05, 3.63) is 81.6 Å². The number of Topliss-reactive ketones (excluding diaryl/α,β-unsaturated/α-hetero) is 1. The highest BCUT2D eigenvalue weighted by molar-refractivity contribution is 6.49. The molecule has 0 heterocycles. The van der Waals surface area contributed by atoms with Crippen molar-refractivity contribution in [1.82, 2.24) is 0 Å². The van der Waals surface area contributed by atoms with Gasteiger partial charge in [0, 0.05) is 40.2 Å². The zero-order valence-electron chi connectivity index (χ0n) is 14.8. The lowest BCUT2D eigenvalue weighted by molar-refractivity contribution is -0.132. The van der Waals surface area contributed by atoms with Crippen molar-refractivity contribution in [3.8, 4) is 11.5 Å². The van der Waals surface area contributed by atoms with Crippen molar-refractivity contribution in [2.24, 2.45) is 0 Å². The molecular weight excluding hydrogens is 344 g/mol. The number of ketones is 2. The second-order valence-corrected chi connectivity index (χ2v) is 6.84. The molecular formula is C22H16O5. The Kier molecular flexibility index (Phi) is 3.13. The molecule has 1 N–H and O–H groups in total. The van der Waals surface area contributed by atoms with E-state index in [2.05, 4.69) is 0 Å². The minimum Gasteiger partial charge on any atom is -0.507 e. The average Bonchev–Trinajstić information content (AvgIpc) is 2.70. The molecule has 0 unspecified atom stereocenters. The number of rotatable bonds is 2. The van der Waals surface area contributed by atoms with Crippen LogP contribution in [0.5, 0.6) is 11.5 Å². The van der Waals surface area contributed by atoms with E-state index in [0.29, 0.717) is 22.6 Å². The molecule has 5 nitrogen and oxygen atoms in total. The van der Waals surface area contributed by atoms with Gasteiger partial charge in [0.25, 0.3) is 0 Å². The number of carbonyl (C=O) groups is 2. The SMILES string of the molecule is COc1ccc(OC)c2c1[C@@H]1C3=C(C(O)=CC(=O)C3=O)[C@H]2c2ccccc21. The maximum atomic E-state index is 12.8. The maximum absolute atomic E-state index is 12.8. The van der Waals surface area contributed by atoms with Gasteiger partial charge in [-0.15, -0.1) is 0 Å². The first kappa shape index (κ1) is 15.9. The fourth-order valence-electron chi connectivity index (χ4n) is 4.75. The van der Waals surface area contributed by atoms with Crippen molar-refractivity contribution in [3.63, 3.8) is 0 Å². The highest BCUT2D eigenvalue weighted by atomic mass is 16.5. The van der Waals surface area contributed by atoms with Crippen molar-refractivity contribution >= 4 is 11.6 Å². The summed E-state index contributed by atoms with van der Waals surface area (Å²) in [5.41, 5.74) is 4.51. The molecule has 5 heteroatoms. The van der Waals surface area contributed by atoms with Gasteiger partial charge in [0.05, 0.1) is 14.2 Å². The van der Waals surface area contributed by atoms with Crippen LogP contribution in [0.15, 0.2) is 59.4 Å². The van der Waals surface area contributed by atoms with Gasteiger partial charge in [0.1, 0.15) is 17.3 Å². The largest absolute Gasteiger partial charge is 0.507 e. The molecule has 0 spiro atoms. The Bertz CT molecular complexity index is 1110. The number of ether oxygens (including phenoxy) is 2. The van der Waals surface area contributed by atoms with E-state index in [0.717, 1.165) is 28.3 Å². The van der Waals surface area contributed by atoms with Crippen molar-refractivity contribution in [2.75, 3.05) is 14.2 Å². The Hall–Kier alpha value is -3.34. The van der Waals surface area contributed by atoms with E-state index >= 15 is 0 Å². The number of benzene rings is 2. The van der Waals surface area contributed by atoms with Crippen molar-refractivity contribution in [2.45, 2.75) is 11.8 Å². The Balaban J connectivity index is 1.94. The van der Waals surface area contributed by atoms with E-state index in [-0.39, 0.29) is 5.76 Å². The lowest BCUT2D eigenvalue weighted by Gasteiger charge is -2.44. The molecule has 6 rings (SSSR count). The van der Waals surface area contributed by atoms with Gasteiger partial charge in [-0.3, -0.25) is 9.59 Å². The summed E-state index contributed by atoms with van der Waals surface area (Å²) in [5, 5.41) is 10.6. The first-order chi connectivity index (χ1) is 13.1. The second-order valence-electron chi connectivity index (χ2n) is 6.84. The summed E-state index contributed by atoms with van der Waals surface area (Å²) in [5.74, 6) is -0.976. The normalized spacial score (nSPS) is 22.1. The average molecular weight is 360 g/mol. The predicted molar refractivity (Wildman–Crippen MR) is 97.4 cm³/mol. The van der Waals surface area contributed by atoms with Crippen LogP contribution in [0.1, 0.15) is 34.1 Å². The Labute approximate surface area is 155 Å². The van der Waals surface area contributed by atoms with E-state index in [1.165, 1.54) is 0 Å². The number of allylic oxidation sites excluding steroid dienone is 3. The maximum Gasteiger partial charge on any atom is 0.230 e. The van der Waals surface area contributed by atoms with E-state index < -0.39 is 23.4 Å². The van der Waals surface area contributed by atoms with Crippen LogP contribution in [0.3, 0.4) is 0 Å². The van der Waals surface area contributed by atoms with Gasteiger partial charge >= 0.3 is 0 Å². The van der Waals surface area contributed by atoms with Gasteiger partial charge in [-0.2, -0.15) is 0 Å². The molecule has 0 aromatic heterocycles. The third-order valence-corrected chi connectivity index (χ3v) is 5.72. The number of aliphatic hydroxyl groups excluding tert-OH is 1. The highest BCUT2D eigenvalue weighted by Gasteiger charge is 2.51. The first-order valence-corrected chi connectivity index (χ1v) is 8.65. The van der Waals surface area contributed by atoms with Gasteiger partial charge in [-0.1, -0.05) is 24.3 Å². The molecule has 4 aliphatic rings. The molecule has 2 bridgehead atoms. The van der Waals surface area contributed by atoms with Crippen LogP contribution in [0, 0.1) is 0 Å². The van der Waals surface area contributed by atoms with Gasteiger partial charge in [0.15, 0.2) is 0 Å². The predicted octanol–water partition coefficient (Wildman–Crippen LogP) is 3.18. The number of aliphatic hydroxyl groups is 1. The smallest absolute Gasteiger partial charge is 0.230 e. The Morgan fingerprint density at radius 2 is 1.33 bits per heavy atom. The van der Waals surface area contributed by atoms with Crippen LogP contribution >= 0.6 is 0 Å². The summed E-state index contributed by atoms with van der Waals surface area (Å²) in [4.78, 5) is 25.0. The second kappa shape index (κ2) is 5.33. The van der Waals surface area contributed by atoms with Gasteiger partial charge in [-0.25, -0.2) is 0 Å². The van der Waals surface area contributed by atoms with Crippen LogP contribution in [-0.4, -0.2) is 30.9 Å². The van der Waals surface area contributed by atoms with Crippen LogP contribution in [-0.2, 0) is 9.59 Å². The lowest BCUT2D eigenvalue weighted by atomic mass is 9.58. The fourth-order valence-corrected chi connectivity index (χ4v) is 4.75. The summed E-state index contributed by atoms with van der Waals surface area (Å²) >= 11 is 0. The summed E-state index contributed by atoms with van der Waals surface area (Å²) in [6.07, 6.45) is 1.02. The van der Waals surface area contributed by atoms with Crippen molar-refractivity contribution in [1.29, 1.82) is 0 Å². The van der Waals surface area contributed by atoms with Crippen LogP contribution < -0.4 is 9.47 Å². The summed E-state index contributed by atoms with van der Waals surface area (Å²) in [7, 11) is 3.17. The van der Waals surface area contributed by atoms with E-state index in [1.54, 1.807) is 14.2 Å². The van der Waals surface area contributed by atoms with E-state index in [9.17, 15) is 14.7 Å². The highest BCUT2D eigenvalue weighted by Crippen LogP contribution is 2.61. The molecule has 0 saturated heterocycles. The number of methoxy groups -OCH3 is 2. The molecule has 2 aromatic carbocycles. The quantitative estimate of drug-likeness (QED) is 0.658. The van der Waals surface area contributed by atoms with Crippen LogP contribution in [0.25, 0.3) is 0 Å². The molecule has 2 atom stereocenters. The van der Waals surface area contributed by atoms with Crippen molar-refractivity contribution < 1.29 is 24.2 Å². The molecule has 2 aromatic rings. The molecule has 4 aliphatic carbocycles. The number of hydrogen-bond acceptors (Lipinski definition) is 5. The molecule has 0 aliphatic heterocycles. The van der Waals surface area contributed by atoms with Crippen LogP contribution in [0.2, 0.25) is 0 Å². The molecule has 0 amide bonds. The molecule has 0 saturated carbocycles. The van der Waals surface area contributed by atoms with Gasteiger partial charge < -0.3 is 14.6 Å². The van der Waals surface area contributed by atoms with Gasteiger partial charge in [-0.05, 0) is 23.3 Å². The molecule has 27 heavy (non-hydrogen) atoms. The Morgan fingerprint density at radius 1 is 0.815 bits per heavy atom. The summed E-state index contributed by atoms with van der Waals surface area (Å²) in [6.45, 7) is 0. The first-order valence-electron chi connectivity index (χ1n) is 8.65. The topological polar surface area (TPSA) is 72.8 Å². The fraction of sp³-hybridized carbons (Fsp3) is 0.182. The molecule has 0 fully saturated rings. The third-order valence-electron chi connectivity index (χ3n) is 5.72. The zero-order chi connectivity index (χ0) is 18.9.